The molecule has 4 heteroatoms. The maximum atomic E-state index is 11.8. The normalized spacial score (nSPS) is 18.0. The van der Waals surface area contributed by atoms with Crippen LogP contribution in [0.2, 0.25) is 0 Å². The average molecular weight is 350 g/mol. The van der Waals surface area contributed by atoms with Crippen LogP contribution in [0.3, 0.4) is 0 Å². The highest BCUT2D eigenvalue weighted by Crippen LogP contribution is 2.29. The maximum Gasteiger partial charge on any atom is 0.289 e. The van der Waals surface area contributed by atoms with Crippen molar-refractivity contribution in [2.45, 2.75) is 33.1 Å². The van der Waals surface area contributed by atoms with Crippen molar-refractivity contribution in [3.8, 4) is 0 Å². The van der Waals surface area contributed by atoms with Crippen LogP contribution in [0.5, 0.6) is 0 Å². The summed E-state index contributed by atoms with van der Waals surface area (Å²) in [5.41, 5.74) is 4.49. The van der Waals surface area contributed by atoms with Gasteiger partial charge in [-0.25, -0.2) is 4.99 Å². The maximum absolute atomic E-state index is 11.8. The van der Waals surface area contributed by atoms with Crippen LogP contribution in [0.25, 0.3) is 6.08 Å². The summed E-state index contributed by atoms with van der Waals surface area (Å²) in [4.78, 5) is 17.2. The number of aryl methyl sites for hydroxylation is 1. The lowest BCUT2D eigenvalue weighted by Gasteiger charge is -2.18. The number of aliphatic imine (C=N–C) groups is 1. The van der Waals surface area contributed by atoms with Gasteiger partial charge in [0.15, 0.2) is 0 Å². The van der Waals surface area contributed by atoms with Gasteiger partial charge in [-0.15, -0.1) is 0 Å². The molecular weight excluding hydrogens is 328 g/mol. The molecule has 1 amide bonds. The molecule has 1 aliphatic heterocycles. The first-order chi connectivity index (χ1) is 11.8. The van der Waals surface area contributed by atoms with Gasteiger partial charge in [0.1, 0.15) is 5.84 Å². The van der Waals surface area contributed by atoms with Crippen molar-refractivity contribution in [2.75, 3.05) is 0 Å². The Morgan fingerprint density at radius 3 is 2.24 bits per heavy atom. The predicted molar refractivity (Wildman–Crippen MR) is 108 cm³/mol. The van der Waals surface area contributed by atoms with Gasteiger partial charge in [-0.2, -0.15) is 0 Å². The summed E-state index contributed by atoms with van der Waals surface area (Å²) in [7, 11) is 0. The van der Waals surface area contributed by atoms with Gasteiger partial charge >= 0.3 is 0 Å². The van der Waals surface area contributed by atoms with Crippen molar-refractivity contribution >= 4 is 34.6 Å². The SMILES string of the molecule is Cc1ccc(N=C2NC(=O)S/C2=C\c2ccc(C(C)(C)C)cc2)cc1. The minimum atomic E-state index is -0.0941. The fourth-order valence-electron chi connectivity index (χ4n) is 2.49. The third kappa shape index (κ3) is 4.40. The highest BCUT2D eigenvalue weighted by Gasteiger charge is 2.23. The molecule has 128 valence electrons. The van der Waals surface area contributed by atoms with E-state index in [1.807, 2.05) is 37.3 Å². The Labute approximate surface area is 153 Å². The molecule has 0 bridgehead atoms. The van der Waals surface area contributed by atoms with Crippen LogP contribution >= 0.6 is 11.8 Å². The molecule has 3 nitrogen and oxygen atoms in total. The summed E-state index contributed by atoms with van der Waals surface area (Å²) in [6, 6.07) is 16.4. The lowest BCUT2D eigenvalue weighted by molar-refractivity contribution is 0.265. The molecule has 0 aromatic heterocycles. The van der Waals surface area contributed by atoms with Gasteiger partial charge in [0, 0.05) is 0 Å². The summed E-state index contributed by atoms with van der Waals surface area (Å²) in [6.07, 6.45) is 2.00. The van der Waals surface area contributed by atoms with Gasteiger partial charge in [0.2, 0.25) is 0 Å². The molecule has 2 aromatic rings. The zero-order chi connectivity index (χ0) is 18.0. The molecule has 25 heavy (non-hydrogen) atoms. The molecule has 1 heterocycles. The van der Waals surface area contributed by atoms with E-state index < -0.39 is 0 Å². The standard InChI is InChI=1S/C21H22N2OS/c1-14-5-11-17(12-6-14)22-19-18(25-20(24)23-19)13-15-7-9-16(10-8-15)21(2,3)4/h5-13H,1-4H3,(H,22,23,24)/b18-13-. The fourth-order valence-corrected chi connectivity index (χ4v) is 3.23. The lowest BCUT2D eigenvalue weighted by atomic mass is 9.87. The third-order valence-electron chi connectivity index (χ3n) is 4.01. The molecule has 0 spiro atoms. The van der Waals surface area contributed by atoms with E-state index >= 15 is 0 Å². The summed E-state index contributed by atoms with van der Waals surface area (Å²) < 4.78 is 0. The summed E-state index contributed by atoms with van der Waals surface area (Å²) in [5.74, 6) is 0.610. The molecule has 1 aliphatic rings. The van der Waals surface area contributed by atoms with Crippen molar-refractivity contribution in [2.24, 2.45) is 4.99 Å². The van der Waals surface area contributed by atoms with Crippen LogP contribution in [-0.4, -0.2) is 11.1 Å². The van der Waals surface area contributed by atoms with E-state index in [1.54, 1.807) is 0 Å². The van der Waals surface area contributed by atoms with E-state index in [4.69, 9.17) is 0 Å². The highest BCUT2D eigenvalue weighted by atomic mass is 32.2. The van der Waals surface area contributed by atoms with E-state index in [9.17, 15) is 4.79 Å². The summed E-state index contributed by atoms with van der Waals surface area (Å²) in [6.45, 7) is 8.63. The molecule has 1 saturated heterocycles. The number of nitrogens with zero attached hydrogens (tertiary/aromatic N) is 1. The Kier molecular flexibility index (Phi) is 4.82. The molecule has 0 atom stereocenters. The van der Waals surface area contributed by atoms with E-state index in [0.29, 0.717) is 5.84 Å². The molecule has 0 unspecified atom stereocenters. The molecule has 3 rings (SSSR count). The van der Waals surface area contributed by atoms with Crippen molar-refractivity contribution in [1.29, 1.82) is 0 Å². The Balaban J connectivity index is 1.89. The molecule has 0 saturated carbocycles. The first-order valence-corrected chi connectivity index (χ1v) is 9.10. The van der Waals surface area contributed by atoms with Crippen LogP contribution in [0, 0.1) is 6.92 Å². The summed E-state index contributed by atoms with van der Waals surface area (Å²) in [5, 5.41) is 2.73. The van der Waals surface area contributed by atoms with Crippen molar-refractivity contribution in [3.63, 3.8) is 0 Å². The monoisotopic (exact) mass is 350 g/mol. The lowest BCUT2D eigenvalue weighted by Crippen LogP contribution is -2.18. The van der Waals surface area contributed by atoms with E-state index in [2.05, 4.69) is 55.3 Å². The third-order valence-corrected chi connectivity index (χ3v) is 4.82. The van der Waals surface area contributed by atoms with Gasteiger partial charge < -0.3 is 5.32 Å². The van der Waals surface area contributed by atoms with Crippen LogP contribution in [-0.2, 0) is 5.41 Å². The van der Waals surface area contributed by atoms with Crippen LogP contribution < -0.4 is 5.32 Å². The fraction of sp³-hybridized carbons (Fsp3) is 0.238. The number of amidine groups is 1. The topological polar surface area (TPSA) is 41.5 Å². The van der Waals surface area contributed by atoms with Gasteiger partial charge in [0.05, 0.1) is 10.6 Å². The Morgan fingerprint density at radius 1 is 1.00 bits per heavy atom. The van der Waals surface area contributed by atoms with Crippen LogP contribution in [0.4, 0.5) is 10.5 Å². The number of carbonyl (C=O) groups excluding carboxylic acids is 1. The summed E-state index contributed by atoms with van der Waals surface area (Å²) >= 11 is 1.18. The zero-order valence-corrected chi connectivity index (χ0v) is 15.8. The number of thioether (sulfide) groups is 1. The minimum absolute atomic E-state index is 0.0941. The van der Waals surface area contributed by atoms with Crippen LogP contribution in [0.1, 0.15) is 37.5 Å². The van der Waals surface area contributed by atoms with E-state index in [-0.39, 0.29) is 10.7 Å². The molecule has 0 aliphatic carbocycles. The number of amides is 1. The molecule has 2 aromatic carbocycles. The Bertz CT molecular complexity index is 841. The van der Waals surface area contributed by atoms with Gasteiger partial charge in [-0.05, 0) is 53.4 Å². The number of hydrogen-bond acceptors (Lipinski definition) is 3. The highest BCUT2D eigenvalue weighted by molar-refractivity contribution is 8.18. The van der Waals surface area contributed by atoms with E-state index in [0.717, 1.165) is 16.2 Å². The second-order valence-corrected chi connectivity index (χ2v) is 8.21. The minimum Gasteiger partial charge on any atom is -0.300 e. The number of hydrogen-bond donors (Lipinski definition) is 1. The molecule has 0 radical (unpaired) electrons. The molecular formula is C21H22N2OS. The second kappa shape index (κ2) is 6.89. The largest absolute Gasteiger partial charge is 0.300 e. The van der Waals surface area contributed by atoms with Gasteiger partial charge in [0.25, 0.3) is 5.24 Å². The van der Waals surface area contributed by atoms with Crippen LogP contribution in [0.15, 0.2) is 58.4 Å². The second-order valence-electron chi connectivity index (χ2n) is 7.19. The predicted octanol–water partition coefficient (Wildman–Crippen LogP) is 5.82. The van der Waals surface area contributed by atoms with Crippen molar-refractivity contribution in [1.82, 2.24) is 5.32 Å². The first kappa shape index (κ1) is 17.5. The smallest absolute Gasteiger partial charge is 0.289 e. The van der Waals surface area contributed by atoms with Crippen molar-refractivity contribution in [3.05, 3.63) is 70.1 Å². The number of nitrogens with one attached hydrogen (secondary N) is 1. The zero-order valence-electron chi connectivity index (χ0n) is 15.0. The molecule has 1 fully saturated rings. The van der Waals surface area contributed by atoms with E-state index in [1.165, 1.54) is 22.9 Å². The van der Waals surface area contributed by atoms with Crippen molar-refractivity contribution < 1.29 is 4.79 Å². The number of rotatable bonds is 2. The average Bonchev–Trinajstić information content (AvgIpc) is 2.88. The number of carbonyl (C=O) groups is 1. The quantitative estimate of drug-likeness (QED) is 0.741. The van der Waals surface area contributed by atoms with Gasteiger partial charge in [-0.3, -0.25) is 4.79 Å². The molecule has 1 N–H and O–H groups in total. The Morgan fingerprint density at radius 2 is 1.64 bits per heavy atom. The van der Waals surface area contributed by atoms with Gasteiger partial charge in [-0.1, -0.05) is 62.7 Å². The number of benzene rings is 2. The first-order valence-electron chi connectivity index (χ1n) is 8.28. The Hall–Kier alpha value is -2.33.